The Labute approximate surface area is 164 Å². The van der Waals surface area contributed by atoms with Crippen molar-refractivity contribution < 1.29 is 14.0 Å². The van der Waals surface area contributed by atoms with Gasteiger partial charge in [-0.15, -0.1) is 0 Å². The van der Waals surface area contributed by atoms with Crippen molar-refractivity contribution in [1.29, 1.82) is 0 Å². The Bertz CT molecular complexity index is 879. The van der Waals surface area contributed by atoms with Gasteiger partial charge in [0.2, 0.25) is 5.91 Å². The maximum atomic E-state index is 13.7. The fourth-order valence-electron chi connectivity index (χ4n) is 3.93. The first kappa shape index (κ1) is 18.7. The molecular formula is C23H25FN2O2. The fourth-order valence-corrected chi connectivity index (χ4v) is 3.93. The molecular weight excluding hydrogens is 355 g/mol. The first-order valence-electron chi connectivity index (χ1n) is 9.92. The van der Waals surface area contributed by atoms with E-state index in [1.54, 1.807) is 30.0 Å². The molecule has 0 bridgehead atoms. The number of halogens is 1. The van der Waals surface area contributed by atoms with E-state index in [1.807, 2.05) is 24.3 Å². The van der Waals surface area contributed by atoms with Crippen LogP contribution in [0.25, 0.3) is 0 Å². The molecule has 2 amide bonds. The van der Waals surface area contributed by atoms with Crippen molar-refractivity contribution >= 4 is 11.8 Å². The zero-order valence-electron chi connectivity index (χ0n) is 16.0. The number of nitrogens with zero attached hydrogens (tertiary/aromatic N) is 1. The number of hydrogen-bond acceptors (Lipinski definition) is 2. The van der Waals surface area contributed by atoms with Crippen molar-refractivity contribution in [3.8, 4) is 0 Å². The lowest BCUT2D eigenvalue weighted by Crippen LogP contribution is -2.48. The Morgan fingerprint density at radius 3 is 2.50 bits per heavy atom. The molecule has 0 aromatic heterocycles. The van der Waals surface area contributed by atoms with E-state index in [0.717, 1.165) is 18.4 Å². The summed E-state index contributed by atoms with van der Waals surface area (Å²) in [5, 5.41) is 3.08. The number of benzene rings is 2. The van der Waals surface area contributed by atoms with Crippen LogP contribution >= 0.6 is 0 Å². The van der Waals surface area contributed by atoms with Gasteiger partial charge in [-0.3, -0.25) is 9.59 Å². The predicted molar refractivity (Wildman–Crippen MR) is 105 cm³/mol. The van der Waals surface area contributed by atoms with Gasteiger partial charge in [0.1, 0.15) is 5.82 Å². The molecule has 1 heterocycles. The van der Waals surface area contributed by atoms with Crippen LogP contribution in [0.2, 0.25) is 0 Å². The van der Waals surface area contributed by atoms with Gasteiger partial charge in [-0.05, 0) is 55.5 Å². The van der Waals surface area contributed by atoms with Crippen LogP contribution in [-0.4, -0.2) is 35.8 Å². The summed E-state index contributed by atoms with van der Waals surface area (Å²) in [4.78, 5) is 27.6. The van der Waals surface area contributed by atoms with E-state index >= 15 is 0 Å². The summed E-state index contributed by atoms with van der Waals surface area (Å²) in [6, 6.07) is 14.5. The number of aryl methyl sites for hydroxylation is 1. The summed E-state index contributed by atoms with van der Waals surface area (Å²) in [6.45, 7) is 2.70. The number of carbonyl (C=O) groups excluding carboxylic acids is 2. The lowest BCUT2D eigenvalue weighted by molar-refractivity contribution is -0.126. The molecule has 1 aliphatic heterocycles. The number of piperidine rings is 1. The summed E-state index contributed by atoms with van der Waals surface area (Å²) < 4.78 is 13.7. The molecule has 0 radical (unpaired) electrons. The second-order valence-corrected chi connectivity index (χ2v) is 8.00. The van der Waals surface area contributed by atoms with Crippen molar-refractivity contribution in [2.75, 3.05) is 13.1 Å². The molecule has 2 aromatic carbocycles. The molecule has 0 spiro atoms. The summed E-state index contributed by atoms with van der Waals surface area (Å²) in [5.41, 5.74) is 2.19. The molecule has 2 atom stereocenters. The number of nitrogens with one attached hydrogen (secondary N) is 1. The van der Waals surface area contributed by atoms with Gasteiger partial charge in [0.05, 0.1) is 5.92 Å². The molecule has 4 nitrogen and oxygen atoms in total. The first-order valence-corrected chi connectivity index (χ1v) is 9.92. The number of hydrogen-bond donors (Lipinski definition) is 1. The molecule has 0 unspecified atom stereocenters. The number of amides is 2. The normalized spacial score (nSPS) is 22.0. The van der Waals surface area contributed by atoms with Gasteiger partial charge in [-0.1, -0.05) is 30.3 Å². The highest BCUT2D eigenvalue weighted by atomic mass is 19.1. The van der Waals surface area contributed by atoms with Crippen LogP contribution in [0.15, 0.2) is 48.5 Å². The van der Waals surface area contributed by atoms with Crippen LogP contribution in [0.3, 0.4) is 0 Å². The third-order valence-corrected chi connectivity index (χ3v) is 5.71. The highest BCUT2D eigenvalue weighted by molar-refractivity contribution is 5.94. The third-order valence-electron chi connectivity index (χ3n) is 5.71. The molecule has 4 rings (SSSR count). The SMILES string of the molecule is Cc1cc([C@H]2C[C@H](C(=O)NC3CC3)CN(C(=O)c3ccccc3)C2)ccc1F. The fraction of sp³-hybridized carbons (Fsp3) is 0.391. The molecule has 2 aromatic rings. The summed E-state index contributed by atoms with van der Waals surface area (Å²) in [6.07, 6.45) is 2.74. The van der Waals surface area contributed by atoms with E-state index in [2.05, 4.69) is 5.32 Å². The Hall–Kier alpha value is -2.69. The van der Waals surface area contributed by atoms with Crippen LogP contribution < -0.4 is 5.32 Å². The summed E-state index contributed by atoms with van der Waals surface area (Å²) >= 11 is 0. The summed E-state index contributed by atoms with van der Waals surface area (Å²) in [5.74, 6) is -0.516. The topological polar surface area (TPSA) is 49.4 Å². The van der Waals surface area contributed by atoms with Crippen molar-refractivity contribution in [2.45, 2.75) is 38.1 Å². The largest absolute Gasteiger partial charge is 0.353 e. The second-order valence-electron chi connectivity index (χ2n) is 8.00. The quantitative estimate of drug-likeness (QED) is 0.880. The minimum atomic E-state index is -0.252. The first-order chi connectivity index (χ1) is 13.5. The zero-order valence-corrected chi connectivity index (χ0v) is 16.0. The van der Waals surface area contributed by atoms with Crippen LogP contribution in [0.1, 0.15) is 46.7 Å². The van der Waals surface area contributed by atoms with Gasteiger partial charge >= 0.3 is 0 Å². The highest BCUT2D eigenvalue weighted by Crippen LogP contribution is 2.33. The van der Waals surface area contributed by atoms with E-state index in [4.69, 9.17) is 0 Å². The Morgan fingerprint density at radius 1 is 1.07 bits per heavy atom. The molecule has 5 heteroatoms. The van der Waals surface area contributed by atoms with E-state index in [0.29, 0.717) is 36.7 Å². The van der Waals surface area contributed by atoms with Gasteiger partial charge in [-0.25, -0.2) is 4.39 Å². The maximum absolute atomic E-state index is 13.7. The van der Waals surface area contributed by atoms with E-state index < -0.39 is 0 Å². The van der Waals surface area contributed by atoms with E-state index in [1.165, 1.54) is 6.07 Å². The van der Waals surface area contributed by atoms with E-state index in [9.17, 15) is 14.0 Å². The lowest BCUT2D eigenvalue weighted by Gasteiger charge is -2.37. The van der Waals surface area contributed by atoms with Gasteiger partial charge in [-0.2, -0.15) is 0 Å². The van der Waals surface area contributed by atoms with E-state index in [-0.39, 0.29) is 29.5 Å². The zero-order chi connectivity index (χ0) is 19.7. The average Bonchev–Trinajstić information content (AvgIpc) is 3.53. The number of rotatable bonds is 4. The van der Waals surface area contributed by atoms with Gasteiger partial charge in [0, 0.05) is 30.6 Å². The Balaban J connectivity index is 1.59. The third kappa shape index (κ3) is 4.08. The standard InChI is InChI=1S/C23H25FN2O2/c1-15-11-17(7-10-21(15)24)18-12-19(22(27)25-20-8-9-20)14-26(13-18)23(28)16-5-3-2-4-6-16/h2-7,10-11,18-20H,8-9,12-14H2,1H3,(H,25,27)/t18-,19-/m0/s1. The minimum absolute atomic E-state index is 0.00988. The summed E-state index contributed by atoms with van der Waals surface area (Å²) in [7, 11) is 0. The molecule has 1 saturated heterocycles. The number of likely N-dealkylation sites (tertiary alicyclic amines) is 1. The van der Waals surface area contributed by atoms with Gasteiger partial charge in [0.25, 0.3) is 5.91 Å². The van der Waals surface area contributed by atoms with Crippen LogP contribution in [-0.2, 0) is 4.79 Å². The second kappa shape index (κ2) is 7.74. The molecule has 2 fully saturated rings. The van der Waals surface area contributed by atoms with Crippen molar-refractivity contribution in [1.82, 2.24) is 10.2 Å². The van der Waals surface area contributed by atoms with Crippen molar-refractivity contribution in [2.24, 2.45) is 5.92 Å². The Morgan fingerprint density at radius 2 is 1.82 bits per heavy atom. The van der Waals surface area contributed by atoms with Gasteiger partial charge < -0.3 is 10.2 Å². The minimum Gasteiger partial charge on any atom is -0.353 e. The number of carbonyl (C=O) groups is 2. The average molecular weight is 380 g/mol. The van der Waals surface area contributed by atoms with Crippen molar-refractivity contribution in [3.63, 3.8) is 0 Å². The monoisotopic (exact) mass is 380 g/mol. The molecule has 1 saturated carbocycles. The van der Waals surface area contributed by atoms with Crippen LogP contribution in [0.4, 0.5) is 4.39 Å². The Kier molecular flexibility index (Phi) is 5.16. The smallest absolute Gasteiger partial charge is 0.253 e. The highest BCUT2D eigenvalue weighted by Gasteiger charge is 2.36. The maximum Gasteiger partial charge on any atom is 0.253 e. The van der Waals surface area contributed by atoms with Crippen molar-refractivity contribution in [3.05, 3.63) is 71.0 Å². The predicted octanol–water partition coefficient (Wildman–Crippen LogP) is 3.66. The van der Waals surface area contributed by atoms with Crippen LogP contribution in [0, 0.1) is 18.7 Å². The lowest BCUT2D eigenvalue weighted by atomic mass is 9.83. The van der Waals surface area contributed by atoms with Crippen LogP contribution in [0.5, 0.6) is 0 Å². The van der Waals surface area contributed by atoms with Gasteiger partial charge in [0.15, 0.2) is 0 Å². The molecule has 1 aliphatic carbocycles. The molecule has 1 N–H and O–H groups in total. The molecule has 2 aliphatic rings. The molecule has 28 heavy (non-hydrogen) atoms. The molecule has 146 valence electrons.